The van der Waals surface area contributed by atoms with Crippen LogP contribution in [-0.4, -0.2) is 40.2 Å². The number of thioether (sulfide) groups is 1. The van der Waals surface area contributed by atoms with Crippen LogP contribution in [-0.2, 0) is 0 Å². The van der Waals surface area contributed by atoms with Crippen molar-refractivity contribution in [1.82, 2.24) is 0 Å². The van der Waals surface area contributed by atoms with Gasteiger partial charge >= 0.3 is 0 Å². The fraction of sp³-hybridized carbons (Fsp3) is 0.417. The van der Waals surface area contributed by atoms with Gasteiger partial charge in [0.25, 0.3) is 0 Å². The molecule has 0 bridgehead atoms. The Morgan fingerprint density at radius 1 is 1.35 bits per heavy atom. The monoisotopic (exact) mass is 258 g/mol. The quantitative estimate of drug-likeness (QED) is 0.574. The van der Waals surface area contributed by atoms with Crippen molar-refractivity contribution in [2.24, 2.45) is 0 Å². The largest absolute Gasteiger partial charge is 0.394 e. The van der Waals surface area contributed by atoms with E-state index in [1.165, 1.54) is 36.0 Å². The number of hydrogen-bond donors (Lipinski definition) is 2. The third-order valence-electron chi connectivity index (χ3n) is 2.16. The molecule has 0 amide bonds. The first kappa shape index (κ1) is 14.2. The van der Waals surface area contributed by atoms with E-state index in [0.29, 0.717) is 23.5 Å². The highest BCUT2D eigenvalue weighted by atomic mass is 32.2. The van der Waals surface area contributed by atoms with Crippen molar-refractivity contribution in [3.8, 4) is 0 Å². The van der Waals surface area contributed by atoms with Crippen molar-refractivity contribution in [3.05, 3.63) is 35.6 Å². The molecule has 0 radical (unpaired) electrons. The second-order valence-electron chi connectivity index (χ2n) is 3.59. The zero-order valence-electron chi connectivity index (χ0n) is 9.30. The number of halogens is 1. The summed E-state index contributed by atoms with van der Waals surface area (Å²) in [5.74, 6) is 0.582. The minimum absolute atomic E-state index is 0.0454. The first-order chi connectivity index (χ1) is 8.13. The van der Waals surface area contributed by atoms with Crippen LogP contribution in [0.3, 0.4) is 0 Å². The van der Waals surface area contributed by atoms with E-state index >= 15 is 0 Å². The predicted octanol–water partition coefficient (Wildman–Crippen LogP) is 1.48. The van der Waals surface area contributed by atoms with Gasteiger partial charge in [-0.1, -0.05) is 0 Å². The van der Waals surface area contributed by atoms with Gasteiger partial charge < -0.3 is 10.2 Å². The maximum absolute atomic E-state index is 12.6. The fourth-order valence-electron chi connectivity index (χ4n) is 1.22. The molecule has 1 aromatic rings. The molecule has 94 valence electrons. The third-order valence-corrected chi connectivity index (χ3v) is 3.27. The average molecular weight is 258 g/mol. The molecular formula is C12H15FO3S. The van der Waals surface area contributed by atoms with E-state index in [4.69, 9.17) is 10.2 Å². The number of hydrogen-bond acceptors (Lipinski definition) is 4. The molecule has 0 fully saturated rings. The summed E-state index contributed by atoms with van der Waals surface area (Å²) >= 11 is 1.41. The van der Waals surface area contributed by atoms with Crippen LogP contribution < -0.4 is 0 Å². The maximum atomic E-state index is 12.6. The zero-order chi connectivity index (χ0) is 12.7. The number of benzene rings is 1. The summed E-state index contributed by atoms with van der Waals surface area (Å²) < 4.78 is 12.6. The van der Waals surface area contributed by atoms with Gasteiger partial charge in [-0.2, -0.15) is 11.8 Å². The molecule has 5 heteroatoms. The number of carbonyl (C=O) groups excluding carboxylic acids is 1. The topological polar surface area (TPSA) is 57.5 Å². The second kappa shape index (κ2) is 7.42. The zero-order valence-corrected chi connectivity index (χ0v) is 10.1. The molecule has 1 rings (SSSR count). The van der Waals surface area contributed by atoms with Crippen molar-refractivity contribution in [3.63, 3.8) is 0 Å². The molecule has 0 aliphatic carbocycles. The van der Waals surface area contributed by atoms with Gasteiger partial charge in [-0.15, -0.1) is 0 Å². The van der Waals surface area contributed by atoms with Gasteiger partial charge in [-0.25, -0.2) is 4.39 Å². The lowest BCUT2D eigenvalue weighted by molar-refractivity contribution is 0.0989. The first-order valence-electron chi connectivity index (χ1n) is 5.29. The van der Waals surface area contributed by atoms with Gasteiger partial charge in [0, 0.05) is 23.5 Å². The van der Waals surface area contributed by atoms with Crippen molar-refractivity contribution in [2.45, 2.75) is 12.5 Å². The Labute approximate surface area is 104 Å². The van der Waals surface area contributed by atoms with Gasteiger partial charge in [0.1, 0.15) is 5.82 Å². The summed E-state index contributed by atoms with van der Waals surface area (Å²) in [6, 6.07) is 5.45. The van der Waals surface area contributed by atoms with Gasteiger partial charge in [0.15, 0.2) is 5.78 Å². The van der Waals surface area contributed by atoms with Crippen LogP contribution in [0.2, 0.25) is 0 Å². The Balaban J connectivity index is 2.28. The SMILES string of the molecule is O=C(CCSCC(O)CO)c1ccc(F)cc1. The van der Waals surface area contributed by atoms with Crippen LogP contribution >= 0.6 is 11.8 Å². The highest BCUT2D eigenvalue weighted by molar-refractivity contribution is 7.99. The summed E-state index contributed by atoms with van der Waals surface area (Å²) in [5, 5.41) is 17.7. The maximum Gasteiger partial charge on any atom is 0.163 e. The van der Waals surface area contributed by atoms with E-state index in [0.717, 1.165) is 0 Å². The lowest BCUT2D eigenvalue weighted by Crippen LogP contribution is -2.15. The van der Waals surface area contributed by atoms with E-state index in [-0.39, 0.29) is 18.2 Å². The predicted molar refractivity (Wildman–Crippen MR) is 65.8 cm³/mol. The molecule has 0 spiro atoms. The minimum atomic E-state index is -0.735. The van der Waals surface area contributed by atoms with Crippen molar-refractivity contribution in [1.29, 1.82) is 0 Å². The molecule has 0 heterocycles. The summed E-state index contributed by atoms with van der Waals surface area (Å²) in [6.07, 6.45) is -0.394. The van der Waals surface area contributed by atoms with Crippen LogP contribution in [0.15, 0.2) is 24.3 Å². The van der Waals surface area contributed by atoms with Gasteiger partial charge in [-0.05, 0) is 24.3 Å². The Bertz CT molecular complexity index is 353. The van der Waals surface area contributed by atoms with Crippen LogP contribution in [0.1, 0.15) is 16.8 Å². The van der Waals surface area contributed by atoms with Crippen molar-refractivity contribution in [2.75, 3.05) is 18.1 Å². The Morgan fingerprint density at radius 3 is 2.59 bits per heavy atom. The highest BCUT2D eigenvalue weighted by Gasteiger charge is 2.07. The van der Waals surface area contributed by atoms with Crippen LogP contribution in [0.4, 0.5) is 4.39 Å². The molecule has 1 aromatic carbocycles. The summed E-state index contributed by atoms with van der Waals surface area (Å²) in [4.78, 5) is 11.6. The highest BCUT2D eigenvalue weighted by Crippen LogP contribution is 2.10. The standard InChI is InChI=1S/C12H15FO3S/c13-10-3-1-9(2-4-10)12(16)5-6-17-8-11(15)7-14/h1-4,11,14-15H,5-8H2. The molecule has 0 aliphatic heterocycles. The molecular weight excluding hydrogens is 243 g/mol. The lowest BCUT2D eigenvalue weighted by Gasteiger charge is -2.06. The Hall–Kier alpha value is -0.910. The van der Waals surface area contributed by atoms with Crippen LogP contribution in [0.5, 0.6) is 0 Å². The summed E-state index contributed by atoms with van der Waals surface area (Å²) in [6.45, 7) is -0.265. The molecule has 0 saturated heterocycles. The average Bonchev–Trinajstić information content (AvgIpc) is 2.34. The van der Waals surface area contributed by atoms with Crippen LogP contribution in [0.25, 0.3) is 0 Å². The van der Waals surface area contributed by atoms with E-state index in [9.17, 15) is 9.18 Å². The van der Waals surface area contributed by atoms with Gasteiger partial charge in [0.2, 0.25) is 0 Å². The lowest BCUT2D eigenvalue weighted by atomic mass is 10.1. The van der Waals surface area contributed by atoms with Gasteiger partial charge in [-0.3, -0.25) is 4.79 Å². The number of carbonyl (C=O) groups is 1. The number of aliphatic hydroxyl groups excluding tert-OH is 2. The van der Waals surface area contributed by atoms with E-state index in [2.05, 4.69) is 0 Å². The van der Waals surface area contributed by atoms with E-state index < -0.39 is 6.10 Å². The fourth-order valence-corrected chi connectivity index (χ4v) is 2.09. The molecule has 3 nitrogen and oxygen atoms in total. The Morgan fingerprint density at radius 2 is 2.00 bits per heavy atom. The normalized spacial score (nSPS) is 12.4. The first-order valence-corrected chi connectivity index (χ1v) is 6.44. The number of rotatable bonds is 7. The smallest absolute Gasteiger partial charge is 0.163 e. The molecule has 0 aliphatic rings. The van der Waals surface area contributed by atoms with Crippen molar-refractivity contribution < 1.29 is 19.4 Å². The van der Waals surface area contributed by atoms with E-state index in [1.807, 2.05) is 0 Å². The molecule has 17 heavy (non-hydrogen) atoms. The molecule has 0 saturated carbocycles. The molecule has 0 aromatic heterocycles. The summed E-state index contributed by atoms with van der Waals surface area (Å²) in [5.41, 5.74) is 0.495. The number of Topliss-reactive ketones (excluding diaryl/α,β-unsaturated/α-hetero) is 1. The van der Waals surface area contributed by atoms with E-state index in [1.54, 1.807) is 0 Å². The molecule has 2 N–H and O–H groups in total. The third kappa shape index (κ3) is 5.30. The second-order valence-corrected chi connectivity index (χ2v) is 4.74. The minimum Gasteiger partial charge on any atom is -0.394 e. The number of ketones is 1. The Kier molecular flexibility index (Phi) is 6.18. The number of aliphatic hydroxyl groups is 2. The molecule has 1 unspecified atom stereocenters. The van der Waals surface area contributed by atoms with Crippen LogP contribution in [0, 0.1) is 5.82 Å². The van der Waals surface area contributed by atoms with Crippen molar-refractivity contribution >= 4 is 17.5 Å². The summed E-state index contributed by atoms with van der Waals surface area (Å²) in [7, 11) is 0. The van der Waals surface area contributed by atoms with Gasteiger partial charge in [0.05, 0.1) is 12.7 Å². The molecule has 1 atom stereocenters.